The van der Waals surface area contributed by atoms with Crippen LogP contribution in [0, 0.1) is 12.7 Å². The van der Waals surface area contributed by atoms with E-state index in [9.17, 15) is 14.0 Å². The van der Waals surface area contributed by atoms with Gasteiger partial charge in [-0.2, -0.15) is 0 Å². The molecule has 0 spiro atoms. The van der Waals surface area contributed by atoms with Crippen molar-refractivity contribution in [2.45, 2.75) is 33.6 Å². The fourth-order valence-electron chi connectivity index (χ4n) is 2.47. The molecule has 0 radical (unpaired) electrons. The second-order valence-electron chi connectivity index (χ2n) is 6.41. The summed E-state index contributed by atoms with van der Waals surface area (Å²) in [6.45, 7) is 7.18. The van der Waals surface area contributed by atoms with E-state index in [0.29, 0.717) is 11.4 Å². The van der Waals surface area contributed by atoms with E-state index in [-0.39, 0.29) is 24.1 Å². The molecule has 2 N–H and O–H groups in total. The molecule has 0 aliphatic carbocycles. The number of carbonyl (C=O) groups is 2. The molecule has 0 saturated carbocycles. The molecule has 2 aromatic carbocycles. The first kappa shape index (κ1) is 19.4. The zero-order chi connectivity index (χ0) is 19.3. The van der Waals surface area contributed by atoms with Gasteiger partial charge in [-0.15, -0.1) is 0 Å². The summed E-state index contributed by atoms with van der Waals surface area (Å²) in [4.78, 5) is 23.2. The maximum atomic E-state index is 13.6. The van der Waals surface area contributed by atoms with E-state index in [1.54, 1.807) is 0 Å². The van der Waals surface area contributed by atoms with Crippen molar-refractivity contribution in [2.75, 3.05) is 17.2 Å². The Morgan fingerprint density at radius 3 is 2.50 bits per heavy atom. The lowest BCUT2D eigenvalue weighted by Crippen LogP contribution is -2.21. The molecule has 2 aromatic rings. The second kappa shape index (κ2) is 8.47. The second-order valence-corrected chi connectivity index (χ2v) is 6.41. The number of ether oxygens (including phenoxy) is 1. The summed E-state index contributed by atoms with van der Waals surface area (Å²) in [5.41, 5.74) is 2.45. The van der Waals surface area contributed by atoms with Crippen LogP contribution in [-0.2, 0) is 9.59 Å². The summed E-state index contributed by atoms with van der Waals surface area (Å²) < 4.78 is 19.3. The zero-order valence-electron chi connectivity index (χ0n) is 15.4. The summed E-state index contributed by atoms with van der Waals surface area (Å²) in [5, 5.41) is 5.01. The molecule has 138 valence electrons. The SMILES string of the molecule is CC(=O)Nc1cc(NC(=O)COc2cc(C)ccc2C(C)C)ccc1F. The van der Waals surface area contributed by atoms with Gasteiger partial charge in [-0.25, -0.2) is 4.39 Å². The summed E-state index contributed by atoms with van der Waals surface area (Å²) in [5.74, 6) is -0.395. The van der Waals surface area contributed by atoms with Crippen LogP contribution in [0.5, 0.6) is 5.75 Å². The lowest BCUT2D eigenvalue weighted by Gasteiger charge is -2.15. The van der Waals surface area contributed by atoms with E-state index in [1.165, 1.54) is 25.1 Å². The molecule has 0 unspecified atom stereocenters. The van der Waals surface area contributed by atoms with Crippen LogP contribution in [0.3, 0.4) is 0 Å². The number of amides is 2. The Hall–Kier alpha value is -2.89. The monoisotopic (exact) mass is 358 g/mol. The predicted octanol–water partition coefficient (Wildman–Crippen LogP) is 4.23. The first-order valence-corrected chi connectivity index (χ1v) is 8.36. The van der Waals surface area contributed by atoms with Crippen LogP contribution in [0.4, 0.5) is 15.8 Å². The molecule has 6 heteroatoms. The van der Waals surface area contributed by atoms with Crippen molar-refractivity contribution in [2.24, 2.45) is 0 Å². The van der Waals surface area contributed by atoms with Crippen molar-refractivity contribution in [1.82, 2.24) is 0 Å². The van der Waals surface area contributed by atoms with Crippen LogP contribution < -0.4 is 15.4 Å². The minimum atomic E-state index is -0.573. The Morgan fingerprint density at radius 1 is 1.12 bits per heavy atom. The van der Waals surface area contributed by atoms with Gasteiger partial charge >= 0.3 is 0 Å². The molecule has 5 nitrogen and oxygen atoms in total. The molecule has 2 amide bonds. The molecule has 0 heterocycles. The van der Waals surface area contributed by atoms with Gasteiger partial charge in [0.1, 0.15) is 11.6 Å². The van der Waals surface area contributed by atoms with E-state index in [1.807, 2.05) is 25.1 Å². The summed E-state index contributed by atoms with van der Waals surface area (Å²) in [7, 11) is 0. The van der Waals surface area contributed by atoms with Crippen LogP contribution in [0.15, 0.2) is 36.4 Å². The largest absolute Gasteiger partial charge is 0.483 e. The van der Waals surface area contributed by atoms with E-state index in [4.69, 9.17) is 4.74 Å². The molecule has 0 aromatic heterocycles. The Bertz CT molecular complexity index is 819. The lowest BCUT2D eigenvalue weighted by atomic mass is 10.0. The number of hydrogen-bond acceptors (Lipinski definition) is 3. The van der Waals surface area contributed by atoms with Crippen LogP contribution in [0.25, 0.3) is 0 Å². The third-order valence-electron chi connectivity index (χ3n) is 3.71. The normalized spacial score (nSPS) is 10.5. The Labute approximate surface area is 152 Å². The highest BCUT2D eigenvalue weighted by Crippen LogP contribution is 2.27. The van der Waals surface area contributed by atoms with Gasteiger partial charge in [0.05, 0.1) is 5.69 Å². The van der Waals surface area contributed by atoms with Gasteiger partial charge in [-0.1, -0.05) is 26.0 Å². The fourth-order valence-corrected chi connectivity index (χ4v) is 2.47. The Kier molecular flexibility index (Phi) is 6.33. The highest BCUT2D eigenvalue weighted by molar-refractivity contribution is 5.94. The van der Waals surface area contributed by atoms with Crippen LogP contribution in [0.2, 0.25) is 0 Å². The molecule has 0 fully saturated rings. The maximum absolute atomic E-state index is 13.6. The molecular formula is C20H23FN2O3. The van der Waals surface area contributed by atoms with Crippen molar-refractivity contribution < 1.29 is 18.7 Å². The van der Waals surface area contributed by atoms with Crippen LogP contribution >= 0.6 is 0 Å². The average Bonchev–Trinajstić information content (AvgIpc) is 2.55. The molecule has 2 rings (SSSR count). The number of benzene rings is 2. The number of nitrogens with one attached hydrogen (secondary N) is 2. The summed E-state index contributed by atoms with van der Waals surface area (Å²) in [6, 6.07) is 9.86. The highest BCUT2D eigenvalue weighted by Gasteiger charge is 2.12. The maximum Gasteiger partial charge on any atom is 0.262 e. The Balaban J connectivity index is 2.04. The van der Waals surface area contributed by atoms with Crippen LogP contribution in [-0.4, -0.2) is 18.4 Å². The standard InChI is InChI=1S/C20H23FN2O3/c1-12(2)16-7-5-13(3)9-19(16)26-11-20(25)23-15-6-8-17(21)18(10-15)22-14(4)24/h5-10,12H,11H2,1-4H3,(H,22,24)(H,23,25). The number of rotatable bonds is 6. The minimum absolute atomic E-state index is 0.0111. The third kappa shape index (κ3) is 5.31. The van der Waals surface area contributed by atoms with Crippen molar-refractivity contribution in [3.8, 4) is 5.75 Å². The molecule has 0 aliphatic rings. The van der Waals surface area contributed by atoms with Gasteiger partial charge in [-0.05, 0) is 48.2 Å². The van der Waals surface area contributed by atoms with Crippen molar-refractivity contribution >= 4 is 23.2 Å². The van der Waals surface area contributed by atoms with E-state index in [0.717, 1.165) is 11.1 Å². The van der Waals surface area contributed by atoms with Crippen LogP contribution in [0.1, 0.15) is 37.8 Å². The summed E-state index contributed by atoms with van der Waals surface area (Å²) in [6.07, 6.45) is 0. The predicted molar refractivity (Wildman–Crippen MR) is 100 cm³/mol. The van der Waals surface area contributed by atoms with Gasteiger partial charge in [0.2, 0.25) is 5.91 Å². The first-order valence-electron chi connectivity index (χ1n) is 8.36. The Morgan fingerprint density at radius 2 is 1.85 bits per heavy atom. The first-order chi connectivity index (χ1) is 12.3. The number of aryl methyl sites for hydroxylation is 1. The van der Waals surface area contributed by atoms with E-state index < -0.39 is 11.7 Å². The van der Waals surface area contributed by atoms with Crippen molar-refractivity contribution in [3.05, 3.63) is 53.3 Å². The number of anilines is 2. The van der Waals surface area contributed by atoms with E-state index in [2.05, 4.69) is 24.5 Å². The fraction of sp³-hybridized carbons (Fsp3) is 0.300. The topological polar surface area (TPSA) is 67.4 Å². The van der Waals surface area contributed by atoms with Crippen molar-refractivity contribution in [3.63, 3.8) is 0 Å². The smallest absolute Gasteiger partial charge is 0.262 e. The average molecular weight is 358 g/mol. The quantitative estimate of drug-likeness (QED) is 0.812. The third-order valence-corrected chi connectivity index (χ3v) is 3.71. The van der Waals surface area contributed by atoms with Gasteiger partial charge in [0, 0.05) is 12.6 Å². The number of carbonyl (C=O) groups excluding carboxylic acids is 2. The number of halogens is 1. The minimum Gasteiger partial charge on any atom is -0.483 e. The van der Waals surface area contributed by atoms with Gasteiger partial charge in [-0.3, -0.25) is 9.59 Å². The molecule has 0 bridgehead atoms. The molecule has 0 atom stereocenters. The molecule has 26 heavy (non-hydrogen) atoms. The zero-order valence-corrected chi connectivity index (χ0v) is 15.4. The van der Waals surface area contributed by atoms with Crippen molar-refractivity contribution in [1.29, 1.82) is 0 Å². The summed E-state index contributed by atoms with van der Waals surface area (Å²) >= 11 is 0. The number of hydrogen-bond donors (Lipinski definition) is 2. The van der Waals surface area contributed by atoms with Gasteiger partial charge in [0.15, 0.2) is 6.61 Å². The van der Waals surface area contributed by atoms with Gasteiger partial charge < -0.3 is 15.4 Å². The highest BCUT2D eigenvalue weighted by atomic mass is 19.1. The molecular weight excluding hydrogens is 335 g/mol. The molecule has 0 aliphatic heterocycles. The lowest BCUT2D eigenvalue weighted by molar-refractivity contribution is -0.118. The van der Waals surface area contributed by atoms with E-state index >= 15 is 0 Å². The van der Waals surface area contributed by atoms with Gasteiger partial charge in [0.25, 0.3) is 5.91 Å². The molecule has 0 saturated heterocycles.